The van der Waals surface area contributed by atoms with Crippen LogP contribution >= 0.6 is 34.8 Å². The van der Waals surface area contributed by atoms with Crippen molar-refractivity contribution in [2.24, 2.45) is 0 Å². The number of benzene rings is 3. The van der Waals surface area contributed by atoms with Crippen molar-refractivity contribution in [2.45, 2.75) is 19.4 Å². The van der Waals surface area contributed by atoms with E-state index >= 15 is 0 Å². The van der Waals surface area contributed by atoms with Crippen molar-refractivity contribution in [3.05, 3.63) is 98.0 Å². The van der Waals surface area contributed by atoms with Gasteiger partial charge in [-0.25, -0.2) is 0 Å². The number of anilines is 1. The van der Waals surface area contributed by atoms with Crippen molar-refractivity contribution in [1.82, 2.24) is 5.32 Å². The zero-order valence-corrected chi connectivity index (χ0v) is 22.6. The van der Waals surface area contributed by atoms with Crippen LogP contribution in [0.1, 0.15) is 31.8 Å². The fourth-order valence-electron chi connectivity index (χ4n) is 3.21. The van der Waals surface area contributed by atoms with Gasteiger partial charge in [0, 0.05) is 5.69 Å². The number of hydrogen-bond donors (Lipinski definition) is 2. The monoisotopic (exact) mass is 526 g/mol. The molecule has 1 atom stereocenters. The molecule has 6 nitrogen and oxygen atoms in total. The van der Waals surface area contributed by atoms with E-state index in [1.54, 1.807) is 67.6 Å². The van der Waals surface area contributed by atoms with E-state index in [1.807, 2.05) is 0 Å². The average Bonchev–Trinajstić information content (AvgIpc) is 2.74. The van der Waals surface area contributed by atoms with Gasteiger partial charge in [-0.2, -0.15) is 0 Å². The fourth-order valence-corrected chi connectivity index (χ4v) is 4.09. The van der Waals surface area contributed by atoms with E-state index < -0.39 is 23.8 Å². The molecule has 0 aliphatic heterocycles. The van der Waals surface area contributed by atoms with E-state index in [2.05, 4.69) is 10.6 Å². The van der Waals surface area contributed by atoms with Crippen molar-refractivity contribution in [1.29, 1.82) is 0 Å². The van der Waals surface area contributed by atoms with Crippen molar-refractivity contribution in [2.75, 3.05) is 5.32 Å². The Morgan fingerprint density at radius 1 is 0.824 bits per heavy atom. The Bertz CT molecular complexity index is 1180. The largest absolute Gasteiger partial charge is 1.00 e. The summed E-state index contributed by atoms with van der Waals surface area (Å²) in [4.78, 5) is 36.7. The number of nitrogens with one attached hydrogen (secondary N) is 2. The molecule has 2 N–H and O–H groups in total. The van der Waals surface area contributed by atoms with Crippen LogP contribution in [-0.2, 0) is 11.2 Å². The van der Waals surface area contributed by atoms with Crippen LogP contribution in [0.5, 0.6) is 0 Å². The molecule has 0 heterocycles. The summed E-state index contributed by atoms with van der Waals surface area (Å²) in [5, 5.41) is 17.4. The zero-order chi connectivity index (χ0) is 24.1. The molecule has 34 heavy (non-hydrogen) atoms. The van der Waals surface area contributed by atoms with Crippen LogP contribution in [-0.4, -0.2) is 23.8 Å². The first-order valence-corrected chi connectivity index (χ1v) is 10.9. The number of hydrogen-bond acceptors (Lipinski definition) is 4. The van der Waals surface area contributed by atoms with Crippen LogP contribution in [0.15, 0.2) is 60.7 Å². The molecule has 3 rings (SSSR count). The third kappa shape index (κ3) is 6.98. The summed E-state index contributed by atoms with van der Waals surface area (Å²) in [5.41, 5.74) is 2.05. The van der Waals surface area contributed by atoms with E-state index in [1.165, 1.54) is 0 Å². The number of halogens is 3. The summed E-state index contributed by atoms with van der Waals surface area (Å²) in [5.74, 6) is -2.51. The number of carbonyl (C=O) groups is 3. The summed E-state index contributed by atoms with van der Waals surface area (Å²) in [7, 11) is 0. The molecule has 2 amide bonds. The zero-order valence-electron chi connectivity index (χ0n) is 18.3. The maximum Gasteiger partial charge on any atom is 1.00 e. The number of amides is 2. The minimum Gasteiger partial charge on any atom is -0.548 e. The number of carbonyl (C=O) groups excluding carboxylic acids is 3. The van der Waals surface area contributed by atoms with Crippen LogP contribution in [0.3, 0.4) is 0 Å². The molecule has 0 aliphatic rings. The predicted octanol–water partition coefficient (Wildman–Crippen LogP) is 1.30. The van der Waals surface area contributed by atoms with Crippen LogP contribution in [0.25, 0.3) is 0 Å². The third-order valence-electron chi connectivity index (χ3n) is 4.88. The van der Waals surface area contributed by atoms with Crippen molar-refractivity contribution in [3.63, 3.8) is 0 Å². The SMILES string of the molecule is Cc1cccc(Cl)c1C(=O)N[C@@H](Cc1ccc(NC(=O)c2c(Cl)cccc2Cl)cc1)C(=O)[O-].[Na+]. The van der Waals surface area contributed by atoms with Crippen LogP contribution in [0, 0.1) is 6.92 Å². The molecule has 0 saturated heterocycles. The molecule has 0 unspecified atom stereocenters. The van der Waals surface area contributed by atoms with Gasteiger partial charge in [-0.1, -0.05) is 65.1 Å². The van der Waals surface area contributed by atoms with Gasteiger partial charge in [-0.15, -0.1) is 0 Å². The quantitative estimate of drug-likeness (QED) is 0.453. The summed E-state index contributed by atoms with van der Waals surface area (Å²) < 4.78 is 0. The molecule has 170 valence electrons. The molecule has 0 bridgehead atoms. The number of aliphatic carboxylic acids is 1. The number of carboxylic acids is 1. The van der Waals surface area contributed by atoms with E-state index in [0.29, 0.717) is 16.8 Å². The standard InChI is InChI=1S/C24H19Cl3N2O4.Na/c1-13-4-2-5-16(25)20(13)22(30)29-19(24(32)33)12-14-8-10-15(11-9-14)28-23(31)21-17(26)6-3-7-18(21)27;/h2-11,19H,12H2,1H3,(H,28,31)(H,29,30)(H,32,33);/q;+1/p-1/t19-;/m0./s1. The molecule has 0 fully saturated rings. The summed E-state index contributed by atoms with van der Waals surface area (Å²) in [6.45, 7) is 1.71. The Morgan fingerprint density at radius 2 is 1.35 bits per heavy atom. The van der Waals surface area contributed by atoms with Gasteiger partial charge in [0.15, 0.2) is 0 Å². The topological polar surface area (TPSA) is 98.3 Å². The number of carboxylic acid groups (broad SMARTS) is 1. The van der Waals surface area contributed by atoms with E-state index in [4.69, 9.17) is 34.8 Å². The second kappa shape index (κ2) is 12.6. The first kappa shape index (κ1) is 28.2. The van der Waals surface area contributed by atoms with Gasteiger partial charge in [0.05, 0.1) is 38.2 Å². The third-order valence-corrected chi connectivity index (χ3v) is 5.83. The second-order valence-electron chi connectivity index (χ2n) is 7.23. The van der Waals surface area contributed by atoms with Gasteiger partial charge in [-0.05, 0) is 54.8 Å². The Labute approximate surface area is 233 Å². The van der Waals surface area contributed by atoms with Gasteiger partial charge in [0.1, 0.15) is 0 Å². The number of aryl methyl sites for hydroxylation is 1. The minimum absolute atomic E-state index is 0. The first-order chi connectivity index (χ1) is 15.7. The van der Waals surface area contributed by atoms with Gasteiger partial charge < -0.3 is 20.5 Å². The normalized spacial score (nSPS) is 11.2. The van der Waals surface area contributed by atoms with Crippen LogP contribution in [0.4, 0.5) is 5.69 Å². The Balaban J connectivity index is 0.00000408. The summed E-state index contributed by atoms with van der Waals surface area (Å²) >= 11 is 18.2. The number of rotatable bonds is 7. The van der Waals surface area contributed by atoms with Crippen LogP contribution in [0.2, 0.25) is 15.1 Å². The van der Waals surface area contributed by atoms with E-state index in [0.717, 1.165) is 0 Å². The molecule has 3 aromatic carbocycles. The molecular formula is C24H18Cl3N2NaO4. The molecule has 0 aromatic heterocycles. The molecule has 3 aromatic rings. The Kier molecular flexibility index (Phi) is 10.4. The average molecular weight is 528 g/mol. The molecule has 0 saturated carbocycles. The van der Waals surface area contributed by atoms with Gasteiger partial charge in [-0.3, -0.25) is 9.59 Å². The molecule has 0 aliphatic carbocycles. The Morgan fingerprint density at radius 3 is 1.88 bits per heavy atom. The predicted molar refractivity (Wildman–Crippen MR) is 127 cm³/mol. The van der Waals surface area contributed by atoms with Crippen molar-refractivity contribution in [3.8, 4) is 0 Å². The van der Waals surface area contributed by atoms with Gasteiger partial charge in [0.2, 0.25) is 0 Å². The molecule has 0 radical (unpaired) electrons. The minimum atomic E-state index is -1.43. The second-order valence-corrected chi connectivity index (χ2v) is 8.45. The van der Waals surface area contributed by atoms with Crippen molar-refractivity contribution >= 4 is 58.3 Å². The molecular weight excluding hydrogens is 510 g/mol. The van der Waals surface area contributed by atoms with E-state index in [9.17, 15) is 19.5 Å². The Hall–Kier alpha value is -2.06. The summed E-state index contributed by atoms with van der Waals surface area (Å²) in [6, 6.07) is 14.9. The van der Waals surface area contributed by atoms with Gasteiger partial charge in [0.25, 0.3) is 11.8 Å². The van der Waals surface area contributed by atoms with Crippen LogP contribution < -0.4 is 45.3 Å². The fraction of sp³-hybridized carbons (Fsp3) is 0.125. The maximum atomic E-state index is 12.6. The van der Waals surface area contributed by atoms with E-state index in [-0.39, 0.29) is 62.2 Å². The molecule has 0 spiro atoms. The van der Waals surface area contributed by atoms with Gasteiger partial charge >= 0.3 is 29.6 Å². The molecule has 10 heteroatoms. The smallest absolute Gasteiger partial charge is 0.548 e. The van der Waals surface area contributed by atoms with Crippen molar-refractivity contribution < 1.29 is 49.0 Å². The summed E-state index contributed by atoms with van der Waals surface area (Å²) in [6.07, 6.45) is -0.0257. The first-order valence-electron chi connectivity index (χ1n) is 9.78. The maximum absolute atomic E-state index is 12.6.